The van der Waals surface area contributed by atoms with Gasteiger partial charge in [-0.05, 0) is 32.4 Å². The van der Waals surface area contributed by atoms with Gasteiger partial charge in [0.1, 0.15) is 0 Å². The standard InChI is InChI=1S/C16H22N2/c1-13-7-9-14(10-8-13)12-18(2)16-6-4-3-5-15(16)11-17/h7-10,15-16H,3-6,12H2,1-2H3. The molecule has 2 rings (SSSR count). The Morgan fingerprint density at radius 1 is 1.22 bits per heavy atom. The van der Waals surface area contributed by atoms with Gasteiger partial charge in [0.2, 0.25) is 0 Å². The van der Waals surface area contributed by atoms with Crippen molar-refractivity contribution >= 4 is 0 Å². The van der Waals surface area contributed by atoms with E-state index in [1.54, 1.807) is 0 Å². The first-order valence-corrected chi connectivity index (χ1v) is 6.86. The lowest BCUT2D eigenvalue weighted by Crippen LogP contribution is -2.39. The van der Waals surface area contributed by atoms with Gasteiger partial charge < -0.3 is 0 Å². The van der Waals surface area contributed by atoms with Crippen molar-refractivity contribution in [2.75, 3.05) is 7.05 Å². The van der Waals surface area contributed by atoms with E-state index in [1.165, 1.54) is 30.4 Å². The van der Waals surface area contributed by atoms with Crippen LogP contribution in [-0.2, 0) is 6.54 Å². The minimum Gasteiger partial charge on any atom is -0.298 e. The molecule has 0 aliphatic heterocycles. The highest BCUT2D eigenvalue weighted by Gasteiger charge is 2.27. The van der Waals surface area contributed by atoms with Crippen molar-refractivity contribution in [3.63, 3.8) is 0 Å². The van der Waals surface area contributed by atoms with Crippen molar-refractivity contribution in [2.24, 2.45) is 5.92 Å². The van der Waals surface area contributed by atoms with E-state index in [0.29, 0.717) is 6.04 Å². The molecule has 0 N–H and O–H groups in total. The van der Waals surface area contributed by atoms with Crippen molar-refractivity contribution in [2.45, 2.75) is 45.2 Å². The van der Waals surface area contributed by atoms with Gasteiger partial charge in [0.05, 0.1) is 12.0 Å². The highest BCUT2D eigenvalue weighted by molar-refractivity contribution is 5.21. The molecule has 2 heteroatoms. The van der Waals surface area contributed by atoms with Crippen molar-refractivity contribution in [3.05, 3.63) is 35.4 Å². The lowest BCUT2D eigenvalue weighted by Gasteiger charge is -2.34. The molecule has 1 fully saturated rings. The molecule has 2 nitrogen and oxygen atoms in total. The number of hydrogen-bond acceptors (Lipinski definition) is 2. The summed E-state index contributed by atoms with van der Waals surface area (Å²) in [6, 6.07) is 11.6. The fourth-order valence-corrected chi connectivity index (χ4v) is 2.89. The minimum atomic E-state index is 0.217. The first-order chi connectivity index (χ1) is 8.70. The number of nitriles is 1. The molecule has 0 amide bonds. The first kappa shape index (κ1) is 13.1. The molecule has 2 unspecified atom stereocenters. The summed E-state index contributed by atoms with van der Waals surface area (Å²) in [6.45, 7) is 3.06. The largest absolute Gasteiger partial charge is 0.298 e. The SMILES string of the molecule is Cc1ccc(CN(C)C2CCCCC2C#N)cc1. The second-order valence-electron chi connectivity index (χ2n) is 5.49. The summed E-state index contributed by atoms with van der Waals surface area (Å²) < 4.78 is 0. The summed E-state index contributed by atoms with van der Waals surface area (Å²) in [7, 11) is 2.15. The van der Waals surface area contributed by atoms with E-state index in [2.05, 4.69) is 49.2 Å². The van der Waals surface area contributed by atoms with Crippen LogP contribution in [0.5, 0.6) is 0 Å². The molecule has 0 spiro atoms. The van der Waals surface area contributed by atoms with Crippen LogP contribution in [0.1, 0.15) is 36.8 Å². The highest BCUT2D eigenvalue weighted by Crippen LogP contribution is 2.28. The molecule has 0 heterocycles. The van der Waals surface area contributed by atoms with Crippen molar-refractivity contribution < 1.29 is 0 Å². The third-order valence-electron chi connectivity index (χ3n) is 4.01. The van der Waals surface area contributed by atoms with E-state index in [0.717, 1.165) is 13.0 Å². The van der Waals surface area contributed by atoms with Crippen LogP contribution in [0.15, 0.2) is 24.3 Å². The zero-order valence-corrected chi connectivity index (χ0v) is 11.4. The van der Waals surface area contributed by atoms with Gasteiger partial charge in [-0.15, -0.1) is 0 Å². The minimum absolute atomic E-state index is 0.217. The Bertz CT molecular complexity index is 416. The Morgan fingerprint density at radius 2 is 1.89 bits per heavy atom. The topological polar surface area (TPSA) is 27.0 Å². The number of nitrogens with zero attached hydrogens (tertiary/aromatic N) is 2. The highest BCUT2D eigenvalue weighted by atomic mass is 15.1. The Labute approximate surface area is 110 Å². The molecule has 0 bridgehead atoms. The molecule has 1 aliphatic carbocycles. The van der Waals surface area contributed by atoms with Gasteiger partial charge in [-0.1, -0.05) is 42.7 Å². The van der Waals surface area contributed by atoms with E-state index in [-0.39, 0.29) is 5.92 Å². The second kappa shape index (κ2) is 6.02. The maximum Gasteiger partial charge on any atom is 0.0672 e. The predicted octanol–water partition coefficient (Wildman–Crippen LogP) is 3.51. The molecule has 1 aromatic carbocycles. The van der Waals surface area contributed by atoms with E-state index >= 15 is 0 Å². The first-order valence-electron chi connectivity index (χ1n) is 6.86. The van der Waals surface area contributed by atoms with Gasteiger partial charge in [-0.2, -0.15) is 5.26 Å². The lowest BCUT2D eigenvalue weighted by atomic mass is 9.84. The third kappa shape index (κ3) is 3.11. The number of hydrogen-bond donors (Lipinski definition) is 0. The van der Waals surface area contributed by atoms with Crippen LogP contribution in [0.4, 0.5) is 0 Å². The molecule has 1 saturated carbocycles. The normalized spacial score (nSPS) is 23.9. The van der Waals surface area contributed by atoms with Gasteiger partial charge in [-0.25, -0.2) is 0 Å². The Balaban J connectivity index is 2.00. The number of aryl methyl sites for hydroxylation is 1. The maximum atomic E-state index is 9.24. The molecule has 0 aromatic heterocycles. The van der Waals surface area contributed by atoms with Crippen LogP contribution in [0, 0.1) is 24.2 Å². The average Bonchev–Trinajstić information content (AvgIpc) is 2.41. The smallest absolute Gasteiger partial charge is 0.0672 e. The summed E-state index contributed by atoms with van der Waals surface area (Å²) in [6.07, 6.45) is 4.72. The van der Waals surface area contributed by atoms with Crippen molar-refractivity contribution in [3.8, 4) is 6.07 Å². The second-order valence-corrected chi connectivity index (χ2v) is 5.49. The molecule has 96 valence electrons. The molecule has 0 radical (unpaired) electrons. The zero-order chi connectivity index (χ0) is 13.0. The van der Waals surface area contributed by atoms with Crippen LogP contribution in [0.2, 0.25) is 0 Å². The van der Waals surface area contributed by atoms with E-state index in [9.17, 15) is 5.26 Å². The zero-order valence-electron chi connectivity index (χ0n) is 11.4. The monoisotopic (exact) mass is 242 g/mol. The molecule has 1 aliphatic rings. The summed E-state index contributed by atoms with van der Waals surface area (Å²) in [5.74, 6) is 0.217. The van der Waals surface area contributed by atoms with E-state index in [1.807, 2.05) is 0 Å². The van der Waals surface area contributed by atoms with Crippen molar-refractivity contribution in [1.29, 1.82) is 5.26 Å². The van der Waals surface area contributed by atoms with Crippen molar-refractivity contribution in [1.82, 2.24) is 4.90 Å². The summed E-state index contributed by atoms with van der Waals surface area (Å²) in [5, 5.41) is 9.24. The summed E-state index contributed by atoms with van der Waals surface area (Å²) >= 11 is 0. The Morgan fingerprint density at radius 3 is 2.56 bits per heavy atom. The van der Waals surface area contributed by atoms with Crippen LogP contribution in [-0.4, -0.2) is 18.0 Å². The van der Waals surface area contributed by atoms with Gasteiger partial charge in [0.15, 0.2) is 0 Å². The van der Waals surface area contributed by atoms with Gasteiger partial charge in [0, 0.05) is 12.6 Å². The molecular formula is C16H22N2. The van der Waals surface area contributed by atoms with E-state index in [4.69, 9.17) is 0 Å². The number of rotatable bonds is 3. The molecular weight excluding hydrogens is 220 g/mol. The Hall–Kier alpha value is -1.33. The van der Waals surface area contributed by atoms with Gasteiger partial charge >= 0.3 is 0 Å². The van der Waals surface area contributed by atoms with Crippen LogP contribution in [0.3, 0.4) is 0 Å². The predicted molar refractivity (Wildman–Crippen MR) is 74.0 cm³/mol. The molecule has 0 saturated heterocycles. The fraction of sp³-hybridized carbons (Fsp3) is 0.562. The number of benzene rings is 1. The lowest BCUT2D eigenvalue weighted by molar-refractivity contribution is 0.151. The van der Waals surface area contributed by atoms with Crippen LogP contribution >= 0.6 is 0 Å². The van der Waals surface area contributed by atoms with Crippen LogP contribution < -0.4 is 0 Å². The Kier molecular flexibility index (Phi) is 4.38. The van der Waals surface area contributed by atoms with Gasteiger partial charge in [-0.3, -0.25) is 4.90 Å². The fourth-order valence-electron chi connectivity index (χ4n) is 2.89. The quantitative estimate of drug-likeness (QED) is 0.811. The average molecular weight is 242 g/mol. The molecule has 1 aromatic rings. The van der Waals surface area contributed by atoms with Gasteiger partial charge in [0.25, 0.3) is 0 Å². The third-order valence-corrected chi connectivity index (χ3v) is 4.01. The maximum absolute atomic E-state index is 9.24. The van der Waals surface area contributed by atoms with Crippen LogP contribution in [0.25, 0.3) is 0 Å². The molecule has 18 heavy (non-hydrogen) atoms. The van der Waals surface area contributed by atoms with E-state index < -0.39 is 0 Å². The molecule has 2 atom stereocenters. The summed E-state index contributed by atoms with van der Waals surface area (Å²) in [4.78, 5) is 2.36. The summed E-state index contributed by atoms with van der Waals surface area (Å²) in [5.41, 5.74) is 2.64.